The summed E-state index contributed by atoms with van der Waals surface area (Å²) in [5.41, 5.74) is 1.89. The molecule has 1 aromatic heterocycles. The summed E-state index contributed by atoms with van der Waals surface area (Å²) in [4.78, 5) is 11.7. The molecular weight excluding hydrogens is 322 g/mol. The van der Waals surface area contributed by atoms with E-state index in [1.807, 2.05) is 18.2 Å². The van der Waals surface area contributed by atoms with Gasteiger partial charge in [0.05, 0.1) is 13.4 Å². The number of methoxy groups -OCH3 is 1. The van der Waals surface area contributed by atoms with Gasteiger partial charge in [0, 0.05) is 18.2 Å². The van der Waals surface area contributed by atoms with Gasteiger partial charge in [-0.3, -0.25) is 0 Å². The third kappa shape index (κ3) is 3.79. The third-order valence-corrected chi connectivity index (χ3v) is 4.22. The van der Waals surface area contributed by atoms with E-state index in [1.165, 1.54) is 13.4 Å². The number of fused-ring (bicyclic) bond motifs is 1. The predicted molar refractivity (Wildman–Crippen MR) is 91.9 cm³/mol. The summed E-state index contributed by atoms with van der Waals surface area (Å²) in [6.07, 6.45) is 1.50. The van der Waals surface area contributed by atoms with E-state index in [9.17, 15) is 4.79 Å². The van der Waals surface area contributed by atoms with Crippen molar-refractivity contribution < 1.29 is 23.4 Å². The molecule has 6 nitrogen and oxygen atoms in total. The van der Waals surface area contributed by atoms with Crippen molar-refractivity contribution in [2.45, 2.75) is 26.4 Å². The first kappa shape index (κ1) is 17.4. The molecule has 2 aromatic rings. The van der Waals surface area contributed by atoms with Crippen LogP contribution in [0.4, 0.5) is 0 Å². The molecule has 3 rings (SSSR count). The van der Waals surface area contributed by atoms with Crippen LogP contribution in [0.3, 0.4) is 0 Å². The fourth-order valence-electron chi connectivity index (χ4n) is 2.96. The Morgan fingerprint density at radius 2 is 1.96 bits per heavy atom. The van der Waals surface area contributed by atoms with Crippen molar-refractivity contribution >= 4 is 5.97 Å². The first-order chi connectivity index (χ1) is 12.1. The molecule has 0 saturated carbocycles. The Bertz CT molecular complexity index is 737. The number of carbonyl (C=O) groups excluding carboxylic acids is 1. The summed E-state index contributed by atoms with van der Waals surface area (Å²) in [5, 5.41) is 3.50. The molecule has 0 saturated heterocycles. The quantitative estimate of drug-likeness (QED) is 0.810. The van der Waals surface area contributed by atoms with Crippen molar-refractivity contribution in [3.05, 3.63) is 47.4 Å². The molecule has 0 amide bonds. The summed E-state index contributed by atoms with van der Waals surface area (Å²) in [7, 11) is 1.34. The maximum atomic E-state index is 11.7. The summed E-state index contributed by atoms with van der Waals surface area (Å²) in [5.74, 6) is 1.66. The smallest absolute Gasteiger partial charge is 0.374 e. The van der Waals surface area contributed by atoms with Gasteiger partial charge >= 0.3 is 5.97 Å². The van der Waals surface area contributed by atoms with E-state index in [4.69, 9.17) is 18.6 Å². The average Bonchev–Trinajstić information content (AvgIpc) is 3.09. The molecule has 1 aromatic carbocycles. The van der Waals surface area contributed by atoms with Crippen LogP contribution in [0.5, 0.6) is 11.5 Å². The molecule has 0 radical (unpaired) electrons. The molecule has 1 aliphatic heterocycles. The minimum atomic E-state index is -0.470. The molecule has 1 aliphatic rings. The number of hydrogen-bond acceptors (Lipinski definition) is 6. The number of hydrogen-bond donors (Lipinski definition) is 1. The van der Waals surface area contributed by atoms with Crippen LogP contribution in [0, 0.1) is 5.92 Å². The topological polar surface area (TPSA) is 69.9 Å². The van der Waals surface area contributed by atoms with Gasteiger partial charge < -0.3 is 23.9 Å². The molecule has 0 unspecified atom stereocenters. The Morgan fingerprint density at radius 1 is 1.20 bits per heavy atom. The molecule has 0 fully saturated rings. The van der Waals surface area contributed by atoms with E-state index in [0.29, 0.717) is 25.7 Å². The van der Waals surface area contributed by atoms with Gasteiger partial charge in [-0.15, -0.1) is 0 Å². The first-order valence-electron chi connectivity index (χ1n) is 8.37. The lowest BCUT2D eigenvalue weighted by atomic mass is 9.95. The van der Waals surface area contributed by atoms with Gasteiger partial charge in [0.15, 0.2) is 11.5 Å². The highest BCUT2D eigenvalue weighted by Gasteiger charge is 2.21. The molecule has 0 spiro atoms. The zero-order valence-electron chi connectivity index (χ0n) is 14.7. The Balaban J connectivity index is 1.76. The van der Waals surface area contributed by atoms with Gasteiger partial charge in [-0.1, -0.05) is 19.9 Å². The lowest BCUT2D eigenvalue weighted by Gasteiger charge is -2.25. The largest absolute Gasteiger partial charge is 0.486 e. The summed E-state index contributed by atoms with van der Waals surface area (Å²) in [6, 6.07) is 7.88. The lowest BCUT2D eigenvalue weighted by molar-refractivity contribution is 0.0563. The summed E-state index contributed by atoms with van der Waals surface area (Å²) < 4.78 is 21.2. The van der Waals surface area contributed by atoms with Crippen molar-refractivity contribution in [1.29, 1.82) is 0 Å². The minimum Gasteiger partial charge on any atom is -0.486 e. The van der Waals surface area contributed by atoms with E-state index < -0.39 is 5.97 Å². The van der Waals surface area contributed by atoms with Crippen LogP contribution in [0.25, 0.3) is 0 Å². The standard InChI is InChI=1S/C19H23NO5/c1-12(2)17(13-4-5-15-16(10-13)24-9-8-23-15)20-11-14-6-7-25-18(14)19(21)22-3/h4-7,10,12,17,20H,8-9,11H2,1-3H3/t17-/m1/s1. The maximum Gasteiger partial charge on any atom is 0.374 e. The van der Waals surface area contributed by atoms with Crippen LogP contribution in [-0.4, -0.2) is 26.3 Å². The molecule has 25 heavy (non-hydrogen) atoms. The van der Waals surface area contributed by atoms with E-state index in [1.54, 1.807) is 6.07 Å². The number of furan rings is 1. The number of carbonyl (C=O) groups is 1. The second-order valence-corrected chi connectivity index (χ2v) is 6.27. The van der Waals surface area contributed by atoms with E-state index in [0.717, 1.165) is 22.6 Å². The number of esters is 1. The number of rotatable bonds is 6. The Labute approximate surface area is 147 Å². The van der Waals surface area contributed by atoms with Crippen LogP contribution in [0.2, 0.25) is 0 Å². The van der Waals surface area contributed by atoms with Crippen LogP contribution >= 0.6 is 0 Å². The lowest BCUT2D eigenvalue weighted by Crippen LogP contribution is -2.26. The minimum absolute atomic E-state index is 0.0937. The molecule has 0 aliphatic carbocycles. The molecule has 0 bridgehead atoms. The molecule has 6 heteroatoms. The monoisotopic (exact) mass is 345 g/mol. The van der Waals surface area contributed by atoms with Crippen LogP contribution in [0.1, 0.15) is 41.6 Å². The first-order valence-corrected chi connectivity index (χ1v) is 8.37. The highest BCUT2D eigenvalue weighted by atomic mass is 16.6. The van der Waals surface area contributed by atoms with Gasteiger partial charge in [-0.25, -0.2) is 4.79 Å². The zero-order valence-corrected chi connectivity index (χ0v) is 14.7. The van der Waals surface area contributed by atoms with Gasteiger partial charge in [0.25, 0.3) is 0 Å². The number of ether oxygens (including phenoxy) is 3. The Hall–Kier alpha value is -2.47. The molecule has 1 N–H and O–H groups in total. The molecule has 134 valence electrons. The van der Waals surface area contributed by atoms with Crippen LogP contribution in [-0.2, 0) is 11.3 Å². The SMILES string of the molecule is COC(=O)c1occc1CN[C@@H](c1ccc2c(c1)OCCO2)C(C)C. The van der Waals surface area contributed by atoms with Crippen molar-refractivity contribution in [2.24, 2.45) is 5.92 Å². The summed E-state index contributed by atoms with van der Waals surface area (Å²) in [6.45, 7) is 5.93. The van der Waals surface area contributed by atoms with Crippen LogP contribution < -0.4 is 14.8 Å². The molecular formula is C19H23NO5. The fraction of sp³-hybridized carbons (Fsp3) is 0.421. The Kier molecular flexibility index (Phi) is 5.28. The average molecular weight is 345 g/mol. The van der Waals surface area contributed by atoms with Gasteiger partial charge in [0.1, 0.15) is 13.2 Å². The fourth-order valence-corrected chi connectivity index (χ4v) is 2.96. The highest BCUT2D eigenvalue weighted by Crippen LogP contribution is 2.34. The summed E-state index contributed by atoms with van der Waals surface area (Å²) >= 11 is 0. The zero-order chi connectivity index (χ0) is 17.8. The molecule has 2 heterocycles. The van der Waals surface area contributed by atoms with Crippen LogP contribution in [0.15, 0.2) is 34.9 Å². The van der Waals surface area contributed by atoms with Gasteiger partial charge in [-0.05, 0) is 29.7 Å². The van der Waals surface area contributed by atoms with Crippen molar-refractivity contribution in [2.75, 3.05) is 20.3 Å². The van der Waals surface area contributed by atoms with Crippen molar-refractivity contribution in [1.82, 2.24) is 5.32 Å². The van der Waals surface area contributed by atoms with Crippen molar-refractivity contribution in [3.63, 3.8) is 0 Å². The maximum absolute atomic E-state index is 11.7. The van der Waals surface area contributed by atoms with Gasteiger partial charge in [-0.2, -0.15) is 0 Å². The second kappa shape index (κ2) is 7.61. The normalized spacial score (nSPS) is 14.4. The number of benzene rings is 1. The second-order valence-electron chi connectivity index (χ2n) is 6.27. The van der Waals surface area contributed by atoms with E-state index in [2.05, 4.69) is 19.2 Å². The van der Waals surface area contributed by atoms with Gasteiger partial charge in [0.2, 0.25) is 5.76 Å². The van der Waals surface area contributed by atoms with Crippen molar-refractivity contribution in [3.8, 4) is 11.5 Å². The van der Waals surface area contributed by atoms with E-state index >= 15 is 0 Å². The number of nitrogens with one attached hydrogen (secondary N) is 1. The highest BCUT2D eigenvalue weighted by molar-refractivity contribution is 5.87. The predicted octanol–water partition coefficient (Wildman–Crippen LogP) is 3.32. The molecule has 1 atom stereocenters. The van der Waals surface area contributed by atoms with E-state index in [-0.39, 0.29) is 11.8 Å². The third-order valence-electron chi connectivity index (χ3n) is 4.22. The Morgan fingerprint density at radius 3 is 2.68 bits per heavy atom.